The van der Waals surface area contributed by atoms with Crippen LogP contribution in [0.2, 0.25) is 0 Å². The molecule has 0 spiro atoms. The Morgan fingerprint density at radius 2 is 1.92 bits per heavy atom. The van der Waals surface area contributed by atoms with Crippen molar-refractivity contribution in [1.29, 1.82) is 0 Å². The summed E-state index contributed by atoms with van der Waals surface area (Å²) in [6.07, 6.45) is 0.597. The van der Waals surface area contributed by atoms with Crippen molar-refractivity contribution in [1.82, 2.24) is 9.88 Å². The molecular formula is C26H26F2N2O5S. The number of hydrogen-bond donors (Lipinski definition) is 1. The Hall–Kier alpha value is -3.37. The number of halogens is 2. The number of aromatic nitrogens is 1. The van der Waals surface area contributed by atoms with Crippen molar-refractivity contribution in [2.24, 2.45) is 0 Å². The Balaban J connectivity index is 1.71. The molecule has 190 valence electrons. The maximum atomic E-state index is 13.5. The molecule has 1 aromatic heterocycles. The van der Waals surface area contributed by atoms with Gasteiger partial charge in [-0.05, 0) is 42.7 Å². The lowest BCUT2D eigenvalue weighted by atomic mass is 9.98. The van der Waals surface area contributed by atoms with Gasteiger partial charge in [-0.1, -0.05) is 30.3 Å². The maximum absolute atomic E-state index is 13.5. The average molecular weight is 517 g/mol. The van der Waals surface area contributed by atoms with Gasteiger partial charge in [0.15, 0.2) is 9.84 Å². The van der Waals surface area contributed by atoms with Crippen molar-refractivity contribution >= 4 is 15.7 Å². The van der Waals surface area contributed by atoms with Crippen LogP contribution in [0.5, 0.6) is 0 Å². The van der Waals surface area contributed by atoms with Gasteiger partial charge in [-0.3, -0.25) is 9.59 Å². The smallest absolute Gasteiger partial charge is 0.263 e. The zero-order chi connectivity index (χ0) is 26.0. The highest BCUT2D eigenvalue weighted by atomic mass is 32.2. The summed E-state index contributed by atoms with van der Waals surface area (Å²) in [5.41, 5.74) is 0.835. The molecule has 1 saturated heterocycles. The number of ether oxygens (including phenoxy) is 1. The number of carbonyl (C=O) groups is 1. The predicted octanol–water partition coefficient (Wildman–Crippen LogP) is 4.06. The third-order valence-corrected chi connectivity index (χ3v) is 7.39. The largest absolute Gasteiger partial charge is 0.379 e. The first kappa shape index (κ1) is 25.7. The molecule has 36 heavy (non-hydrogen) atoms. The van der Waals surface area contributed by atoms with Gasteiger partial charge in [0.1, 0.15) is 5.56 Å². The molecule has 1 N–H and O–H groups in total. The van der Waals surface area contributed by atoms with Crippen molar-refractivity contribution in [2.75, 3.05) is 19.5 Å². The Kier molecular flexibility index (Phi) is 7.37. The molecule has 1 aliphatic heterocycles. The normalized spacial score (nSPS) is 15.9. The second-order valence-corrected chi connectivity index (χ2v) is 10.8. The van der Waals surface area contributed by atoms with E-state index in [0.29, 0.717) is 36.5 Å². The summed E-state index contributed by atoms with van der Waals surface area (Å²) in [5.74, 6) is -0.619. The lowest BCUT2D eigenvalue weighted by molar-refractivity contribution is 0.0948. The van der Waals surface area contributed by atoms with E-state index in [1.165, 1.54) is 36.5 Å². The Bertz CT molecular complexity index is 1440. The highest BCUT2D eigenvalue weighted by molar-refractivity contribution is 7.90. The molecule has 0 bridgehead atoms. The first-order chi connectivity index (χ1) is 17.1. The molecule has 1 aliphatic rings. The molecule has 0 aliphatic carbocycles. The summed E-state index contributed by atoms with van der Waals surface area (Å²) >= 11 is 0. The third-order valence-electron chi connectivity index (χ3n) is 6.26. The molecule has 1 fully saturated rings. The van der Waals surface area contributed by atoms with Gasteiger partial charge < -0.3 is 14.6 Å². The Morgan fingerprint density at radius 3 is 2.53 bits per heavy atom. The molecule has 10 heteroatoms. The second-order valence-electron chi connectivity index (χ2n) is 8.78. The van der Waals surface area contributed by atoms with Crippen LogP contribution in [-0.2, 0) is 21.1 Å². The minimum Gasteiger partial charge on any atom is -0.379 e. The lowest BCUT2D eigenvalue weighted by Gasteiger charge is -2.21. The van der Waals surface area contributed by atoms with Crippen molar-refractivity contribution < 1.29 is 26.7 Å². The van der Waals surface area contributed by atoms with Gasteiger partial charge in [0.05, 0.1) is 17.5 Å². The Morgan fingerprint density at radius 1 is 1.19 bits per heavy atom. The number of amides is 1. The van der Waals surface area contributed by atoms with Crippen molar-refractivity contribution in [3.05, 3.63) is 87.3 Å². The summed E-state index contributed by atoms with van der Waals surface area (Å²) in [6, 6.07) is 11.6. The molecule has 0 saturated carbocycles. The van der Waals surface area contributed by atoms with Crippen LogP contribution in [0.3, 0.4) is 0 Å². The maximum Gasteiger partial charge on any atom is 0.263 e. The number of benzene rings is 2. The number of sulfone groups is 1. The number of nitrogens with one attached hydrogen (secondary N) is 1. The molecule has 0 radical (unpaired) electrons. The first-order valence-electron chi connectivity index (χ1n) is 11.4. The van der Waals surface area contributed by atoms with Gasteiger partial charge >= 0.3 is 0 Å². The zero-order valence-corrected chi connectivity index (χ0v) is 20.6. The zero-order valence-electron chi connectivity index (χ0n) is 19.8. The van der Waals surface area contributed by atoms with Crippen molar-refractivity contribution in [2.45, 2.75) is 37.3 Å². The van der Waals surface area contributed by atoms with Crippen LogP contribution >= 0.6 is 0 Å². The van der Waals surface area contributed by atoms with Gasteiger partial charge in [-0.2, -0.15) is 0 Å². The van der Waals surface area contributed by atoms with Gasteiger partial charge in [0.25, 0.3) is 12.3 Å². The number of nitrogens with zero attached hydrogens (tertiary/aromatic N) is 1. The fourth-order valence-electron chi connectivity index (χ4n) is 4.31. The molecule has 4 rings (SSSR count). The van der Waals surface area contributed by atoms with E-state index < -0.39 is 27.6 Å². The molecule has 2 heterocycles. The topological polar surface area (TPSA) is 94.5 Å². The monoisotopic (exact) mass is 516 g/mol. The molecule has 1 atom stereocenters. The van der Waals surface area contributed by atoms with Crippen LogP contribution in [0.25, 0.3) is 11.1 Å². The number of alkyl halides is 2. The van der Waals surface area contributed by atoms with Crippen molar-refractivity contribution in [3.63, 3.8) is 0 Å². The van der Waals surface area contributed by atoms with E-state index in [1.807, 2.05) is 4.57 Å². The summed E-state index contributed by atoms with van der Waals surface area (Å²) in [5, 5.41) is 2.71. The summed E-state index contributed by atoms with van der Waals surface area (Å²) in [4.78, 5) is 26.8. The standard InChI is InChI=1S/C26H26F2N2O5S/c1-16-23(18-4-3-5-19(12-18)25(27)28)24(31)22(14-30(16)20-10-11-35-15-20)26(32)29-13-17-6-8-21(9-7-17)36(2,33)34/h3-9,12,14,20,25H,10-11,13,15H2,1-2H3,(H,29,32). The molecule has 1 unspecified atom stereocenters. The van der Waals surface area contributed by atoms with Crippen LogP contribution in [0, 0.1) is 6.92 Å². The summed E-state index contributed by atoms with van der Waals surface area (Å²) < 4.78 is 57.3. The van der Waals surface area contributed by atoms with Gasteiger partial charge in [-0.15, -0.1) is 0 Å². The van der Waals surface area contributed by atoms with E-state index in [4.69, 9.17) is 4.74 Å². The molecular weight excluding hydrogens is 490 g/mol. The Labute approximate surface area is 207 Å². The van der Waals surface area contributed by atoms with Crippen LogP contribution < -0.4 is 10.7 Å². The summed E-state index contributed by atoms with van der Waals surface area (Å²) in [7, 11) is -3.34. The van der Waals surface area contributed by atoms with Crippen LogP contribution in [0.1, 0.15) is 46.1 Å². The first-order valence-corrected chi connectivity index (χ1v) is 13.2. The van der Waals surface area contributed by atoms with Crippen LogP contribution in [-0.4, -0.2) is 38.4 Å². The summed E-state index contributed by atoms with van der Waals surface area (Å²) in [6.45, 7) is 2.75. The predicted molar refractivity (Wildman–Crippen MR) is 131 cm³/mol. The molecule has 7 nitrogen and oxygen atoms in total. The molecule has 2 aromatic carbocycles. The van der Waals surface area contributed by atoms with Crippen molar-refractivity contribution in [3.8, 4) is 11.1 Å². The SMILES string of the molecule is Cc1c(-c2cccc(C(F)F)c2)c(=O)c(C(=O)NCc2ccc(S(C)(=O)=O)cc2)cn1C1CCOC1. The van der Waals surface area contributed by atoms with Gasteiger partial charge in [0, 0.05) is 42.4 Å². The second kappa shape index (κ2) is 10.3. The minimum atomic E-state index is -3.34. The number of hydrogen-bond acceptors (Lipinski definition) is 5. The number of carbonyl (C=O) groups excluding carboxylic acids is 1. The highest BCUT2D eigenvalue weighted by Gasteiger charge is 2.25. The fourth-order valence-corrected chi connectivity index (χ4v) is 4.94. The van der Waals surface area contributed by atoms with Gasteiger partial charge in [0.2, 0.25) is 5.43 Å². The molecule has 3 aromatic rings. The quantitative estimate of drug-likeness (QED) is 0.511. The van der Waals surface area contributed by atoms with E-state index >= 15 is 0 Å². The van der Waals surface area contributed by atoms with E-state index in [9.17, 15) is 26.8 Å². The fraction of sp³-hybridized carbons (Fsp3) is 0.308. The van der Waals surface area contributed by atoms with Crippen LogP contribution in [0.4, 0.5) is 8.78 Å². The highest BCUT2D eigenvalue weighted by Crippen LogP contribution is 2.29. The van der Waals surface area contributed by atoms with E-state index in [-0.39, 0.29) is 34.2 Å². The van der Waals surface area contributed by atoms with E-state index in [0.717, 1.165) is 6.26 Å². The average Bonchev–Trinajstić information content (AvgIpc) is 3.37. The van der Waals surface area contributed by atoms with Crippen LogP contribution in [0.15, 0.2) is 64.4 Å². The van der Waals surface area contributed by atoms with E-state index in [2.05, 4.69) is 5.32 Å². The van der Waals surface area contributed by atoms with Gasteiger partial charge in [-0.25, -0.2) is 17.2 Å². The minimum absolute atomic E-state index is 0.0684. The molecule has 1 amide bonds. The number of rotatable bonds is 7. The third kappa shape index (κ3) is 5.39. The lowest BCUT2D eigenvalue weighted by Crippen LogP contribution is -2.31. The number of pyridine rings is 1. The van der Waals surface area contributed by atoms with E-state index in [1.54, 1.807) is 25.1 Å².